The van der Waals surface area contributed by atoms with Crippen molar-refractivity contribution >= 4 is 29.1 Å². The van der Waals surface area contributed by atoms with Crippen LogP contribution >= 0.6 is 11.6 Å². The van der Waals surface area contributed by atoms with Crippen LogP contribution in [0.4, 0.5) is 21.8 Å². The SMILES string of the molecule is Cc1cc(Nc2ccc(F)c(Cl)c2)nc(NC2CCCCC2)n1. The molecule has 1 saturated carbocycles. The molecule has 0 saturated heterocycles. The Balaban J connectivity index is 1.75. The maximum absolute atomic E-state index is 13.2. The first-order valence-electron chi connectivity index (χ1n) is 7.94. The van der Waals surface area contributed by atoms with Crippen LogP contribution in [0.5, 0.6) is 0 Å². The number of nitrogens with zero attached hydrogens (tertiary/aromatic N) is 2. The zero-order chi connectivity index (χ0) is 16.2. The van der Waals surface area contributed by atoms with Gasteiger partial charge in [-0.2, -0.15) is 4.98 Å². The van der Waals surface area contributed by atoms with E-state index in [9.17, 15) is 4.39 Å². The highest BCUT2D eigenvalue weighted by molar-refractivity contribution is 6.31. The van der Waals surface area contributed by atoms with Crippen molar-refractivity contribution in [3.63, 3.8) is 0 Å². The number of hydrogen-bond donors (Lipinski definition) is 2. The third-order valence-electron chi connectivity index (χ3n) is 3.98. The summed E-state index contributed by atoms with van der Waals surface area (Å²) in [7, 11) is 0. The summed E-state index contributed by atoms with van der Waals surface area (Å²) < 4.78 is 13.2. The highest BCUT2D eigenvalue weighted by atomic mass is 35.5. The molecule has 23 heavy (non-hydrogen) atoms. The van der Waals surface area contributed by atoms with Gasteiger partial charge in [0.1, 0.15) is 11.6 Å². The van der Waals surface area contributed by atoms with Crippen molar-refractivity contribution in [3.8, 4) is 0 Å². The Hall–Kier alpha value is -1.88. The molecular weight excluding hydrogens is 315 g/mol. The Morgan fingerprint density at radius 1 is 1.13 bits per heavy atom. The average Bonchev–Trinajstić information content (AvgIpc) is 2.51. The second-order valence-corrected chi connectivity index (χ2v) is 6.36. The number of aryl methyl sites for hydroxylation is 1. The molecule has 0 amide bonds. The molecule has 1 aliphatic carbocycles. The molecule has 1 aromatic carbocycles. The molecular formula is C17H20ClFN4. The lowest BCUT2D eigenvalue weighted by Crippen LogP contribution is -2.23. The number of halogens is 2. The third kappa shape index (κ3) is 4.32. The minimum absolute atomic E-state index is 0.0846. The molecule has 0 aliphatic heterocycles. The van der Waals surface area contributed by atoms with Crippen LogP contribution in [-0.4, -0.2) is 16.0 Å². The van der Waals surface area contributed by atoms with Crippen molar-refractivity contribution in [2.45, 2.75) is 45.1 Å². The molecule has 0 atom stereocenters. The van der Waals surface area contributed by atoms with Crippen LogP contribution in [-0.2, 0) is 0 Å². The monoisotopic (exact) mass is 334 g/mol. The number of anilines is 3. The third-order valence-corrected chi connectivity index (χ3v) is 4.27. The van der Waals surface area contributed by atoms with E-state index in [4.69, 9.17) is 11.6 Å². The highest BCUT2D eigenvalue weighted by Crippen LogP contribution is 2.24. The Morgan fingerprint density at radius 2 is 1.91 bits per heavy atom. The molecule has 2 N–H and O–H groups in total. The lowest BCUT2D eigenvalue weighted by molar-refractivity contribution is 0.461. The van der Waals surface area contributed by atoms with E-state index in [-0.39, 0.29) is 5.02 Å². The van der Waals surface area contributed by atoms with E-state index >= 15 is 0 Å². The minimum atomic E-state index is -0.435. The van der Waals surface area contributed by atoms with Crippen molar-refractivity contribution in [1.82, 2.24) is 9.97 Å². The Kier molecular flexibility index (Phi) is 4.96. The van der Waals surface area contributed by atoms with Gasteiger partial charge in [-0.25, -0.2) is 9.37 Å². The first-order chi connectivity index (χ1) is 11.1. The van der Waals surface area contributed by atoms with Crippen LogP contribution in [0.15, 0.2) is 24.3 Å². The van der Waals surface area contributed by atoms with Crippen molar-refractivity contribution in [2.24, 2.45) is 0 Å². The molecule has 122 valence electrons. The predicted molar refractivity (Wildman–Crippen MR) is 92.0 cm³/mol. The van der Waals surface area contributed by atoms with Gasteiger partial charge in [-0.1, -0.05) is 30.9 Å². The first-order valence-corrected chi connectivity index (χ1v) is 8.32. The molecule has 3 rings (SSSR count). The van der Waals surface area contributed by atoms with Crippen LogP contribution in [0.3, 0.4) is 0 Å². The van der Waals surface area contributed by atoms with Gasteiger partial charge in [0.05, 0.1) is 5.02 Å². The number of rotatable bonds is 4. The van der Waals surface area contributed by atoms with Gasteiger partial charge in [-0.3, -0.25) is 0 Å². The molecule has 0 unspecified atom stereocenters. The summed E-state index contributed by atoms with van der Waals surface area (Å²) in [4.78, 5) is 8.96. The Labute approximate surface area is 140 Å². The van der Waals surface area contributed by atoms with Crippen LogP contribution in [0.1, 0.15) is 37.8 Å². The Bertz CT molecular complexity index is 686. The summed E-state index contributed by atoms with van der Waals surface area (Å²) >= 11 is 5.81. The van der Waals surface area contributed by atoms with Gasteiger partial charge < -0.3 is 10.6 Å². The molecule has 2 aromatic rings. The van der Waals surface area contributed by atoms with E-state index in [2.05, 4.69) is 20.6 Å². The van der Waals surface area contributed by atoms with Crippen molar-refractivity contribution in [1.29, 1.82) is 0 Å². The predicted octanol–water partition coefficient (Wildman–Crippen LogP) is 5.07. The van der Waals surface area contributed by atoms with Gasteiger partial charge in [0.25, 0.3) is 0 Å². The summed E-state index contributed by atoms with van der Waals surface area (Å²) in [6, 6.07) is 6.80. The fraction of sp³-hybridized carbons (Fsp3) is 0.412. The maximum atomic E-state index is 13.2. The summed E-state index contributed by atoms with van der Waals surface area (Å²) in [6.45, 7) is 1.93. The van der Waals surface area contributed by atoms with E-state index in [0.717, 1.165) is 18.5 Å². The smallest absolute Gasteiger partial charge is 0.225 e. The van der Waals surface area contributed by atoms with Gasteiger partial charge in [0, 0.05) is 23.5 Å². The van der Waals surface area contributed by atoms with E-state index in [0.29, 0.717) is 23.5 Å². The fourth-order valence-electron chi connectivity index (χ4n) is 2.85. The summed E-state index contributed by atoms with van der Waals surface area (Å²) in [5.74, 6) is 0.863. The van der Waals surface area contributed by atoms with Crippen LogP contribution in [0.25, 0.3) is 0 Å². The van der Waals surface area contributed by atoms with Gasteiger partial charge in [-0.05, 0) is 38.0 Å². The lowest BCUT2D eigenvalue weighted by Gasteiger charge is -2.23. The molecule has 0 spiro atoms. The van der Waals surface area contributed by atoms with Crippen LogP contribution < -0.4 is 10.6 Å². The lowest BCUT2D eigenvalue weighted by atomic mass is 9.96. The highest BCUT2D eigenvalue weighted by Gasteiger charge is 2.14. The summed E-state index contributed by atoms with van der Waals surface area (Å²) in [6.07, 6.45) is 6.14. The van der Waals surface area contributed by atoms with Crippen molar-refractivity contribution < 1.29 is 4.39 Å². The van der Waals surface area contributed by atoms with Gasteiger partial charge >= 0.3 is 0 Å². The summed E-state index contributed by atoms with van der Waals surface area (Å²) in [5, 5.41) is 6.65. The second kappa shape index (κ2) is 7.13. The van der Waals surface area contributed by atoms with Crippen LogP contribution in [0.2, 0.25) is 5.02 Å². The van der Waals surface area contributed by atoms with Crippen molar-refractivity contribution in [2.75, 3.05) is 10.6 Å². The zero-order valence-corrected chi connectivity index (χ0v) is 13.8. The molecule has 1 aliphatic rings. The second-order valence-electron chi connectivity index (χ2n) is 5.95. The summed E-state index contributed by atoms with van der Waals surface area (Å²) in [5.41, 5.74) is 1.56. The normalized spacial score (nSPS) is 15.4. The minimum Gasteiger partial charge on any atom is -0.351 e. The van der Waals surface area contributed by atoms with Gasteiger partial charge in [0.15, 0.2) is 0 Å². The molecule has 0 radical (unpaired) electrons. The first kappa shape index (κ1) is 16.0. The molecule has 1 heterocycles. The Morgan fingerprint density at radius 3 is 2.65 bits per heavy atom. The number of benzene rings is 1. The number of aromatic nitrogens is 2. The zero-order valence-electron chi connectivity index (χ0n) is 13.1. The molecule has 6 heteroatoms. The topological polar surface area (TPSA) is 49.8 Å². The maximum Gasteiger partial charge on any atom is 0.225 e. The fourth-order valence-corrected chi connectivity index (χ4v) is 3.03. The van der Waals surface area contributed by atoms with E-state index in [1.54, 1.807) is 12.1 Å². The standard InChI is InChI=1S/C17H20ClFN4/c1-11-9-16(21-13-7-8-15(19)14(18)10-13)23-17(20-11)22-12-5-3-2-4-6-12/h7-10,12H,2-6H2,1H3,(H2,20,21,22,23). The van der Waals surface area contributed by atoms with E-state index < -0.39 is 5.82 Å². The molecule has 4 nitrogen and oxygen atoms in total. The molecule has 1 aromatic heterocycles. The van der Waals surface area contributed by atoms with E-state index in [1.165, 1.54) is 25.3 Å². The quantitative estimate of drug-likeness (QED) is 0.820. The number of hydrogen-bond acceptors (Lipinski definition) is 4. The number of nitrogens with one attached hydrogen (secondary N) is 2. The average molecular weight is 335 g/mol. The molecule has 1 fully saturated rings. The van der Waals surface area contributed by atoms with Crippen molar-refractivity contribution in [3.05, 3.63) is 40.8 Å². The van der Waals surface area contributed by atoms with E-state index in [1.807, 2.05) is 13.0 Å². The van der Waals surface area contributed by atoms with Gasteiger partial charge in [0.2, 0.25) is 5.95 Å². The largest absolute Gasteiger partial charge is 0.351 e. The molecule has 0 bridgehead atoms. The van der Waals surface area contributed by atoms with Crippen LogP contribution in [0, 0.1) is 12.7 Å². The van der Waals surface area contributed by atoms with Gasteiger partial charge in [-0.15, -0.1) is 0 Å².